The number of rotatable bonds is 8. The third-order valence-electron chi connectivity index (χ3n) is 4.81. The van der Waals surface area contributed by atoms with Crippen LogP contribution < -0.4 is 20.7 Å². The van der Waals surface area contributed by atoms with Crippen molar-refractivity contribution in [2.45, 2.75) is 20.8 Å². The SMILES string of the molecule is Cc1cccc(OCC(=O)Nc2ccc(Nc3cc(Nc4cc(C)ccn4)nc(C)n3)cc2)c1. The number of anilines is 5. The van der Waals surface area contributed by atoms with E-state index in [-0.39, 0.29) is 12.5 Å². The lowest BCUT2D eigenvalue weighted by molar-refractivity contribution is -0.118. The van der Waals surface area contributed by atoms with Crippen LogP contribution in [-0.4, -0.2) is 27.5 Å². The van der Waals surface area contributed by atoms with Crippen molar-refractivity contribution >= 4 is 34.7 Å². The van der Waals surface area contributed by atoms with Crippen molar-refractivity contribution in [2.24, 2.45) is 0 Å². The molecule has 8 heteroatoms. The van der Waals surface area contributed by atoms with Gasteiger partial charge in [0.2, 0.25) is 0 Å². The van der Waals surface area contributed by atoms with Crippen LogP contribution >= 0.6 is 0 Å². The Hall–Kier alpha value is -4.46. The van der Waals surface area contributed by atoms with Gasteiger partial charge in [0, 0.05) is 23.6 Å². The molecule has 0 aliphatic rings. The fraction of sp³-hybridized carbons (Fsp3) is 0.154. The van der Waals surface area contributed by atoms with Gasteiger partial charge in [-0.25, -0.2) is 15.0 Å². The highest BCUT2D eigenvalue weighted by Gasteiger charge is 2.07. The molecule has 0 saturated carbocycles. The lowest BCUT2D eigenvalue weighted by Gasteiger charge is -2.11. The Morgan fingerprint density at radius 2 is 1.50 bits per heavy atom. The smallest absolute Gasteiger partial charge is 0.262 e. The number of ether oxygens (including phenoxy) is 1. The molecule has 0 aliphatic heterocycles. The topological polar surface area (TPSA) is 101 Å². The van der Waals surface area contributed by atoms with Crippen molar-refractivity contribution < 1.29 is 9.53 Å². The molecule has 0 atom stereocenters. The van der Waals surface area contributed by atoms with Gasteiger partial charge in [0.15, 0.2) is 6.61 Å². The normalized spacial score (nSPS) is 10.4. The molecule has 0 fully saturated rings. The molecule has 0 spiro atoms. The molecule has 0 radical (unpaired) electrons. The highest BCUT2D eigenvalue weighted by atomic mass is 16.5. The van der Waals surface area contributed by atoms with Crippen LogP contribution in [0.15, 0.2) is 72.9 Å². The van der Waals surface area contributed by atoms with Crippen LogP contribution in [0.1, 0.15) is 17.0 Å². The molecule has 1 amide bonds. The van der Waals surface area contributed by atoms with Crippen molar-refractivity contribution in [1.29, 1.82) is 0 Å². The van der Waals surface area contributed by atoms with Crippen LogP contribution in [0.4, 0.5) is 28.8 Å². The summed E-state index contributed by atoms with van der Waals surface area (Å²) in [5.74, 6) is 3.07. The number of hydrogen-bond acceptors (Lipinski definition) is 7. The van der Waals surface area contributed by atoms with E-state index in [0.717, 1.165) is 22.6 Å². The monoisotopic (exact) mass is 454 g/mol. The molecule has 2 aromatic heterocycles. The highest BCUT2D eigenvalue weighted by molar-refractivity contribution is 5.92. The summed E-state index contributed by atoms with van der Waals surface area (Å²) in [4.78, 5) is 25.4. The summed E-state index contributed by atoms with van der Waals surface area (Å²) in [6, 6.07) is 20.6. The summed E-state index contributed by atoms with van der Waals surface area (Å²) in [7, 11) is 0. The largest absolute Gasteiger partial charge is 0.484 e. The second kappa shape index (κ2) is 10.4. The first-order chi connectivity index (χ1) is 16.4. The maximum Gasteiger partial charge on any atom is 0.262 e. The van der Waals surface area contributed by atoms with Crippen LogP contribution in [0.2, 0.25) is 0 Å². The van der Waals surface area contributed by atoms with E-state index in [1.165, 1.54) is 0 Å². The Morgan fingerprint density at radius 1 is 0.794 bits per heavy atom. The Kier molecular flexibility index (Phi) is 6.98. The molecule has 34 heavy (non-hydrogen) atoms. The number of benzene rings is 2. The van der Waals surface area contributed by atoms with Crippen LogP contribution in [0.25, 0.3) is 0 Å². The van der Waals surface area contributed by atoms with E-state index in [9.17, 15) is 4.79 Å². The molecular formula is C26H26N6O2. The zero-order valence-electron chi connectivity index (χ0n) is 19.3. The number of aromatic nitrogens is 3. The van der Waals surface area contributed by atoms with Gasteiger partial charge in [0.25, 0.3) is 5.91 Å². The molecule has 2 heterocycles. The minimum atomic E-state index is -0.228. The second-order valence-corrected chi connectivity index (χ2v) is 7.88. The molecule has 0 bridgehead atoms. The standard InChI is InChI=1S/C26H26N6O2/c1-17-5-4-6-22(13-17)34-16-26(33)31-21-9-7-20(8-10-21)30-24-15-25(29-19(3)28-24)32-23-14-18(2)11-12-27-23/h4-15H,16H2,1-3H3,(H,31,33)(H2,27,28,29,30,32). The maximum atomic E-state index is 12.2. The average molecular weight is 455 g/mol. The first-order valence-electron chi connectivity index (χ1n) is 10.8. The van der Waals surface area contributed by atoms with E-state index in [0.29, 0.717) is 28.9 Å². The van der Waals surface area contributed by atoms with Gasteiger partial charge in [-0.3, -0.25) is 4.79 Å². The number of nitrogens with zero attached hydrogens (tertiary/aromatic N) is 3. The number of carbonyl (C=O) groups is 1. The van der Waals surface area contributed by atoms with E-state index < -0.39 is 0 Å². The van der Waals surface area contributed by atoms with Crippen molar-refractivity contribution in [1.82, 2.24) is 15.0 Å². The zero-order valence-corrected chi connectivity index (χ0v) is 19.3. The fourth-order valence-corrected chi connectivity index (χ4v) is 3.27. The van der Waals surface area contributed by atoms with Crippen molar-refractivity contribution in [3.05, 3.63) is 89.9 Å². The molecule has 0 aliphatic carbocycles. The Labute approximate surface area is 198 Å². The Balaban J connectivity index is 1.35. The van der Waals surface area contributed by atoms with E-state index in [2.05, 4.69) is 30.9 Å². The number of nitrogens with one attached hydrogen (secondary N) is 3. The number of hydrogen-bond donors (Lipinski definition) is 3. The lowest BCUT2D eigenvalue weighted by atomic mass is 10.2. The molecule has 2 aromatic carbocycles. The molecule has 4 aromatic rings. The minimum absolute atomic E-state index is 0.0603. The van der Waals surface area contributed by atoms with Gasteiger partial charge in [-0.2, -0.15) is 0 Å². The average Bonchev–Trinajstić information content (AvgIpc) is 2.79. The minimum Gasteiger partial charge on any atom is -0.484 e. The second-order valence-electron chi connectivity index (χ2n) is 7.88. The third kappa shape index (κ3) is 6.52. The molecule has 172 valence electrons. The molecular weight excluding hydrogens is 428 g/mol. The van der Waals surface area contributed by atoms with Crippen molar-refractivity contribution in [3.8, 4) is 5.75 Å². The van der Waals surface area contributed by atoms with Crippen molar-refractivity contribution in [3.63, 3.8) is 0 Å². The molecule has 0 saturated heterocycles. The molecule has 0 unspecified atom stereocenters. The number of amides is 1. The Bertz CT molecular complexity index is 1290. The summed E-state index contributed by atoms with van der Waals surface area (Å²) in [5.41, 5.74) is 3.69. The molecule has 3 N–H and O–H groups in total. The first kappa shape index (κ1) is 22.7. The maximum absolute atomic E-state index is 12.2. The lowest BCUT2D eigenvalue weighted by Crippen LogP contribution is -2.20. The Morgan fingerprint density at radius 3 is 2.24 bits per heavy atom. The fourth-order valence-electron chi connectivity index (χ4n) is 3.27. The van der Waals surface area contributed by atoms with Gasteiger partial charge in [-0.15, -0.1) is 0 Å². The van der Waals surface area contributed by atoms with E-state index in [4.69, 9.17) is 4.74 Å². The van der Waals surface area contributed by atoms with Gasteiger partial charge in [-0.05, 0) is 80.4 Å². The van der Waals surface area contributed by atoms with Crippen LogP contribution in [0, 0.1) is 20.8 Å². The van der Waals surface area contributed by atoms with Crippen LogP contribution in [0.3, 0.4) is 0 Å². The summed E-state index contributed by atoms with van der Waals surface area (Å²) < 4.78 is 5.55. The van der Waals surface area contributed by atoms with E-state index >= 15 is 0 Å². The molecule has 8 nitrogen and oxygen atoms in total. The summed E-state index contributed by atoms with van der Waals surface area (Å²) >= 11 is 0. The van der Waals surface area contributed by atoms with E-state index in [1.807, 2.05) is 87.5 Å². The van der Waals surface area contributed by atoms with Gasteiger partial charge in [0.1, 0.15) is 29.0 Å². The summed E-state index contributed by atoms with van der Waals surface area (Å²) in [5, 5.41) is 9.31. The molecule has 4 rings (SSSR count). The van der Waals surface area contributed by atoms with Crippen molar-refractivity contribution in [2.75, 3.05) is 22.6 Å². The quantitative estimate of drug-likeness (QED) is 0.332. The number of aryl methyl sites for hydroxylation is 3. The third-order valence-corrected chi connectivity index (χ3v) is 4.81. The van der Waals surface area contributed by atoms with Gasteiger partial charge < -0.3 is 20.7 Å². The van der Waals surface area contributed by atoms with Gasteiger partial charge in [0.05, 0.1) is 0 Å². The first-order valence-corrected chi connectivity index (χ1v) is 10.8. The number of pyridine rings is 1. The van der Waals surface area contributed by atoms with Crippen LogP contribution in [0.5, 0.6) is 5.75 Å². The van der Waals surface area contributed by atoms with Gasteiger partial charge >= 0.3 is 0 Å². The summed E-state index contributed by atoms with van der Waals surface area (Å²) in [6.07, 6.45) is 1.75. The zero-order chi connectivity index (χ0) is 23.9. The predicted molar refractivity (Wildman–Crippen MR) is 134 cm³/mol. The highest BCUT2D eigenvalue weighted by Crippen LogP contribution is 2.21. The summed E-state index contributed by atoms with van der Waals surface area (Å²) in [6.45, 7) is 5.75. The van der Waals surface area contributed by atoms with Gasteiger partial charge in [-0.1, -0.05) is 12.1 Å². The van der Waals surface area contributed by atoms with Crippen LogP contribution in [-0.2, 0) is 4.79 Å². The van der Waals surface area contributed by atoms with E-state index in [1.54, 1.807) is 6.20 Å². The number of carbonyl (C=O) groups excluding carboxylic acids is 1. The predicted octanol–water partition coefficient (Wildman–Crippen LogP) is 5.30.